The lowest BCUT2D eigenvalue weighted by molar-refractivity contribution is -0.0888. The second kappa shape index (κ2) is 8.37. The van der Waals surface area contributed by atoms with E-state index in [1.165, 1.54) is 34.7 Å². The van der Waals surface area contributed by atoms with E-state index in [2.05, 4.69) is 20.8 Å². The Kier molecular flexibility index (Phi) is 5.40. The summed E-state index contributed by atoms with van der Waals surface area (Å²) in [6, 6.07) is 16.4. The molecule has 3 aromatic rings. The predicted molar refractivity (Wildman–Crippen MR) is 123 cm³/mol. The first-order chi connectivity index (χ1) is 15.5. The topological polar surface area (TPSA) is 77.8 Å². The van der Waals surface area contributed by atoms with E-state index in [1.54, 1.807) is 18.2 Å². The van der Waals surface area contributed by atoms with Gasteiger partial charge in [-0.3, -0.25) is 9.79 Å². The van der Waals surface area contributed by atoms with Crippen molar-refractivity contribution in [2.24, 2.45) is 4.99 Å². The number of β-amino-alcohol motifs (C(OH)–C–C–N with tert-alkyl or cyclic N) is 1. The fraction of sp³-hybridized carbons (Fsp3) is 0.208. The van der Waals surface area contributed by atoms with Crippen molar-refractivity contribution in [1.29, 1.82) is 0 Å². The number of nitrogens with one attached hydrogen (secondary N) is 1. The first-order valence-electron chi connectivity index (χ1n) is 10.3. The van der Waals surface area contributed by atoms with E-state index < -0.39 is 11.5 Å². The molecule has 5 rings (SSSR count). The van der Waals surface area contributed by atoms with Gasteiger partial charge < -0.3 is 14.7 Å². The number of aliphatic hydroxyl groups is 1. The van der Waals surface area contributed by atoms with E-state index in [1.807, 2.05) is 30.5 Å². The lowest BCUT2D eigenvalue weighted by Crippen LogP contribution is -2.61. The van der Waals surface area contributed by atoms with Gasteiger partial charge in [0.2, 0.25) is 5.95 Å². The third kappa shape index (κ3) is 3.87. The number of amides is 1. The minimum absolute atomic E-state index is 0.0317. The van der Waals surface area contributed by atoms with Crippen molar-refractivity contribution in [3.8, 4) is 0 Å². The number of halogens is 1. The number of fused-ring (bicyclic) bond motifs is 1. The zero-order valence-corrected chi connectivity index (χ0v) is 18.0. The molecule has 2 N–H and O–H groups in total. The maximum Gasteiger partial charge on any atom is 0.254 e. The third-order valence-corrected chi connectivity index (χ3v) is 6.60. The number of aryl methyl sites for hydroxylation is 1. The van der Waals surface area contributed by atoms with E-state index in [9.17, 15) is 14.3 Å². The van der Waals surface area contributed by atoms with Crippen molar-refractivity contribution in [3.63, 3.8) is 0 Å². The fourth-order valence-corrected chi connectivity index (χ4v) is 4.77. The van der Waals surface area contributed by atoms with E-state index in [0.717, 1.165) is 29.1 Å². The number of rotatable bonds is 5. The average molecular weight is 449 g/mol. The molecule has 1 fully saturated rings. The standard InChI is InChI=1S/C24H21FN4O2S/c25-22-19(6-3-13-27-22)24(31)14-29(15-24)23(30)17-8-10-18(11-9-17)28-32-20-7-1-4-16-5-2-12-26-21(16)20/h1,3-4,6-13,28,31H,2,5,14-15H2. The highest BCUT2D eigenvalue weighted by Gasteiger charge is 2.46. The minimum Gasteiger partial charge on any atom is -0.381 e. The first-order valence-corrected chi connectivity index (χ1v) is 11.2. The molecule has 0 saturated carbocycles. The number of benzene rings is 2. The highest BCUT2D eigenvalue weighted by molar-refractivity contribution is 8.00. The van der Waals surface area contributed by atoms with Gasteiger partial charge in [0, 0.05) is 29.2 Å². The zero-order valence-electron chi connectivity index (χ0n) is 17.2. The molecule has 0 spiro atoms. The summed E-state index contributed by atoms with van der Waals surface area (Å²) >= 11 is 1.49. The summed E-state index contributed by atoms with van der Waals surface area (Å²) in [7, 11) is 0. The molecule has 2 aromatic carbocycles. The number of likely N-dealkylation sites (tertiary alicyclic amines) is 1. The van der Waals surface area contributed by atoms with Crippen molar-refractivity contribution < 1.29 is 14.3 Å². The van der Waals surface area contributed by atoms with Gasteiger partial charge in [0.05, 0.1) is 23.7 Å². The molecular formula is C24H21FN4O2S. The molecule has 6 nitrogen and oxygen atoms in total. The maximum absolute atomic E-state index is 13.9. The molecule has 8 heteroatoms. The van der Waals surface area contributed by atoms with Crippen LogP contribution in [0.1, 0.15) is 27.9 Å². The molecule has 3 heterocycles. The van der Waals surface area contributed by atoms with Gasteiger partial charge in [-0.05, 0) is 72.8 Å². The molecule has 0 atom stereocenters. The number of hydrogen-bond donors (Lipinski definition) is 2. The molecule has 162 valence electrons. The van der Waals surface area contributed by atoms with Gasteiger partial charge in [-0.1, -0.05) is 12.1 Å². The average Bonchev–Trinajstić information content (AvgIpc) is 2.81. The number of hydrogen-bond acceptors (Lipinski definition) is 6. The third-order valence-electron chi connectivity index (χ3n) is 5.71. The van der Waals surface area contributed by atoms with Crippen molar-refractivity contribution in [2.45, 2.75) is 23.3 Å². The summed E-state index contributed by atoms with van der Waals surface area (Å²) in [5.74, 6) is -0.912. The number of anilines is 1. The van der Waals surface area contributed by atoms with Crippen LogP contribution in [0.15, 0.2) is 70.7 Å². The number of aromatic nitrogens is 1. The number of nitrogens with zero attached hydrogens (tertiary/aromatic N) is 3. The Balaban J connectivity index is 1.21. The predicted octanol–water partition coefficient (Wildman–Crippen LogP) is 4.33. The van der Waals surface area contributed by atoms with Crippen LogP contribution in [0.3, 0.4) is 0 Å². The summed E-state index contributed by atoms with van der Waals surface area (Å²) in [5, 5.41) is 10.6. The molecule has 0 bridgehead atoms. The molecular weight excluding hydrogens is 427 g/mol. The van der Waals surface area contributed by atoms with Crippen LogP contribution < -0.4 is 4.72 Å². The number of para-hydroxylation sites is 1. The monoisotopic (exact) mass is 448 g/mol. The van der Waals surface area contributed by atoms with Crippen LogP contribution in [-0.2, 0) is 12.0 Å². The molecule has 2 aliphatic heterocycles. The van der Waals surface area contributed by atoms with E-state index in [4.69, 9.17) is 0 Å². The number of pyridine rings is 1. The Morgan fingerprint density at radius 2 is 1.94 bits per heavy atom. The van der Waals surface area contributed by atoms with E-state index in [0.29, 0.717) is 5.56 Å². The number of carbonyl (C=O) groups is 1. The Hall–Kier alpha value is -3.23. The van der Waals surface area contributed by atoms with Crippen molar-refractivity contribution >= 4 is 35.4 Å². The van der Waals surface area contributed by atoms with Crippen LogP contribution >= 0.6 is 11.9 Å². The van der Waals surface area contributed by atoms with Gasteiger partial charge in [0.25, 0.3) is 5.91 Å². The summed E-state index contributed by atoms with van der Waals surface area (Å²) < 4.78 is 17.2. The molecule has 1 saturated heterocycles. The minimum atomic E-state index is -1.40. The van der Waals surface area contributed by atoms with Crippen molar-refractivity contribution in [3.05, 3.63) is 83.4 Å². The van der Waals surface area contributed by atoms with Crippen LogP contribution in [0.25, 0.3) is 0 Å². The van der Waals surface area contributed by atoms with Crippen LogP contribution in [-0.4, -0.2) is 40.2 Å². The largest absolute Gasteiger partial charge is 0.381 e. The zero-order chi connectivity index (χ0) is 22.1. The number of aliphatic imine (C=N–C) groups is 1. The second-order valence-corrected chi connectivity index (χ2v) is 8.78. The second-order valence-electron chi connectivity index (χ2n) is 7.93. The van der Waals surface area contributed by atoms with Gasteiger partial charge in [-0.15, -0.1) is 0 Å². The fourth-order valence-electron chi connectivity index (χ4n) is 3.98. The normalized spacial score (nSPS) is 16.2. The highest BCUT2D eigenvalue weighted by atomic mass is 32.2. The van der Waals surface area contributed by atoms with Gasteiger partial charge >= 0.3 is 0 Å². The van der Waals surface area contributed by atoms with E-state index in [-0.39, 0.29) is 24.6 Å². The molecule has 1 aromatic heterocycles. The summed E-state index contributed by atoms with van der Waals surface area (Å²) in [6.45, 7) is 0.0634. The Morgan fingerprint density at radius 1 is 1.12 bits per heavy atom. The van der Waals surface area contributed by atoms with Crippen LogP contribution in [0, 0.1) is 5.95 Å². The lowest BCUT2D eigenvalue weighted by Gasteiger charge is -2.46. The van der Waals surface area contributed by atoms with Gasteiger partial charge in [0.15, 0.2) is 0 Å². The first kappa shape index (κ1) is 20.7. The van der Waals surface area contributed by atoms with Gasteiger partial charge in [-0.25, -0.2) is 4.98 Å². The van der Waals surface area contributed by atoms with E-state index >= 15 is 0 Å². The Morgan fingerprint density at radius 3 is 2.72 bits per heavy atom. The number of carbonyl (C=O) groups excluding carboxylic acids is 1. The molecule has 0 aliphatic carbocycles. The van der Waals surface area contributed by atoms with Crippen LogP contribution in [0.2, 0.25) is 0 Å². The maximum atomic E-state index is 13.9. The molecule has 0 unspecified atom stereocenters. The molecule has 32 heavy (non-hydrogen) atoms. The van der Waals surface area contributed by atoms with Gasteiger partial charge in [-0.2, -0.15) is 4.39 Å². The van der Waals surface area contributed by atoms with Gasteiger partial charge in [0.1, 0.15) is 5.60 Å². The molecule has 0 radical (unpaired) electrons. The Labute approximate surface area is 189 Å². The molecule has 1 amide bonds. The highest BCUT2D eigenvalue weighted by Crippen LogP contribution is 2.36. The van der Waals surface area contributed by atoms with Crippen LogP contribution in [0.5, 0.6) is 0 Å². The molecule has 2 aliphatic rings. The summed E-state index contributed by atoms with van der Waals surface area (Å²) in [4.78, 5) is 23.4. The van der Waals surface area contributed by atoms with Crippen LogP contribution in [0.4, 0.5) is 15.8 Å². The SMILES string of the molecule is O=C(c1ccc(NSc2cccc3c2N=CCC3)cc1)N1CC(O)(c2cccnc2F)C1. The quantitative estimate of drug-likeness (QED) is 0.449. The summed E-state index contributed by atoms with van der Waals surface area (Å²) in [6.07, 6.45) is 5.25. The summed E-state index contributed by atoms with van der Waals surface area (Å²) in [5.41, 5.74) is 2.36. The lowest BCUT2D eigenvalue weighted by atomic mass is 9.86. The van der Waals surface area contributed by atoms with Crippen molar-refractivity contribution in [1.82, 2.24) is 9.88 Å². The van der Waals surface area contributed by atoms with Crippen molar-refractivity contribution in [2.75, 3.05) is 17.8 Å². The smallest absolute Gasteiger partial charge is 0.254 e. The Bertz CT molecular complexity index is 1190.